The first-order valence-corrected chi connectivity index (χ1v) is 11.7. The Hall–Kier alpha value is -2.39. The van der Waals surface area contributed by atoms with Crippen LogP contribution in [-0.4, -0.2) is 68.9 Å². The predicted octanol–water partition coefficient (Wildman–Crippen LogP) is 4.01. The topological polar surface area (TPSA) is 64.1 Å². The highest BCUT2D eigenvalue weighted by Crippen LogP contribution is 2.33. The molecule has 2 heterocycles. The summed E-state index contributed by atoms with van der Waals surface area (Å²) in [4.78, 5) is 22.0. The van der Waals surface area contributed by atoms with Crippen molar-refractivity contribution in [2.24, 2.45) is 0 Å². The second kappa shape index (κ2) is 10.5. The summed E-state index contributed by atoms with van der Waals surface area (Å²) in [6, 6.07) is 11.0. The Labute approximate surface area is 196 Å². The van der Waals surface area contributed by atoms with E-state index in [0.717, 1.165) is 35.4 Å². The number of aromatic nitrogens is 1. The molecule has 1 fully saturated rings. The molecule has 0 saturated carbocycles. The van der Waals surface area contributed by atoms with Crippen molar-refractivity contribution < 1.29 is 19.0 Å². The summed E-state index contributed by atoms with van der Waals surface area (Å²) in [5, 5.41) is 1.32. The van der Waals surface area contributed by atoms with Crippen LogP contribution in [0.4, 0.5) is 5.13 Å². The largest absolute Gasteiger partial charge is 0.497 e. The van der Waals surface area contributed by atoms with Gasteiger partial charge in [0.25, 0.3) is 5.91 Å². The van der Waals surface area contributed by atoms with Gasteiger partial charge in [0.2, 0.25) is 0 Å². The number of halogens is 1. The molecule has 0 atom stereocenters. The quantitative estimate of drug-likeness (QED) is 0.490. The van der Waals surface area contributed by atoms with Crippen LogP contribution in [0.3, 0.4) is 0 Å². The highest BCUT2D eigenvalue weighted by molar-refractivity contribution is 7.22. The van der Waals surface area contributed by atoms with Crippen LogP contribution in [0, 0.1) is 6.92 Å². The van der Waals surface area contributed by atoms with Crippen molar-refractivity contribution in [3.8, 4) is 11.5 Å². The van der Waals surface area contributed by atoms with Crippen molar-refractivity contribution in [1.82, 2.24) is 9.88 Å². The fourth-order valence-electron chi connectivity index (χ4n) is 3.51. The summed E-state index contributed by atoms with van der Waals surface area (Å²) >= 11 is 7.77. The Balaban J connectivity index is 1.53. The van der Waals surface area contributed by atoms with E-state index in [1.54, 1.807) is 24.1 Å². The number of amides is 1. The first-order valence-electron chi connectivity index (χ1n) is 10.5. The van der Waals surface area contributed by atoms with Crippen LogP contribution < -0.4 is 14.4 Å². The van der Waals surface area contributed by atoms with Crippen LogP contribution in [-0.2, 0) is 9.53 Å². The van der Waals surface area contributed by atoms with Crippen molar-refractivity contribution in [2.45, 2.75) is 6.92 Å². The Morgan fingerprint density at radius 2 is 2.03 bits per heavy atom. The number of benzene rings is 2. The van der Waals surface area contributed by atoms with Gasteiger partial charge in [-0.15, -0.1) is 0 Å². The molecule has 9 heteroatoms. The molecule has 0 spiro atoms. The van der Waals surface area contributed by atoms with Gasteiger partial charge < -0.3 is 14.2 Å². The van der Waals surface area contributed by atoms with Crippen molar-refractivity contribution >= 4 is 44.2 Å². The van der Waals surface area contributed by atoms with E-state index in [1.165, 1.54) is 11.3 Å². The number of carbonyl (C=O) groups excluding carboxylic acids is 1. The number of aryl methyl sites for hydroxylation is 1. The molecule has 1 aliphatic rings. The van der Waals surface area contributed by atoms with Crippen molar-refractivity contribution in [1.29, 1.82) is 0 Å². The molecular weight excluding hydrogens is 450 g/mol. The fraction of sp³-hybridized carbons (Fsp3) is 0.391. The summed E-state index contributed by atoms with van der Waals surface area (Å²) in [7, 11) is 1.60. The van der Waals surface area contributed by atoms with E-state index in [9.17, 15) is 4.79 Å². The zero-order valence-corrected chi connectivity index (χ0v) is 19.7. The zero-order valence-electron chi connectivity index (χ0n) is 18.2. The summed E-state index contributed by atoms with van der Waals surface area (Å²) in [5.41, 5.74) is 1.75. The maximum atomic E-state index is 13.2. The van der Waals surface area contributed by atoms with Crippen molar-refractivity contribution in [3.63, 3.8) is 0 Å². The number of ether oxygens (including phenoxy) is 3. The number of carbonyl (C=O) groups is 1. The zero-order chi connectivity index (χ0) is 22.5. The number of nitrogens with zero attached hydrogens (tertiary/aromatic N) is 3. The van der Waals surface area contributed by atoms with E-state index >= 15 is 0 Å². The molecule has 3 aromatic rings. The van der Waals surface area contributed by atoms with Crippen LogP contribution >= 0.6 is 22.9 Å². The van der Waals surface area contributed by atoms with Crippen LogP contribution in [0.5, 0.6) is 11.5 Å². The maximum Gasteiger partial charge on any atom is 0.266 e. The average molecular weight is 476 g/mol. The molecule has 1 saturated heterocycles. The summed E-state index contributed by atoms with van der Waals surface area (Å²) in [6.07, 6.45) is 0. The lowest BCUT2D eigenvalue weighted by atomic mass is 10.2. The molecule has 1 amide bonds. The summed E-state index contributed by atoms with van der Waals surface area (Å²) in [5.74, 6) is 1.11. The van der Waals surface area contributed by atoms with Gasteiger partial charge in [-0.3, -0.25) is 14.6 Å². The monoisotopic (exact) mass is 475 g/mol. The summed E-state index contributed by atoms with van der Waals surface area (Å²) < 4.78 is 17.4. The molecule has 0 unspecified atom stereocenters. The van der Waals surface area contributed by atoms with Gasteiger partial charge in [0, 0.05) is 37.3 Å². The molecule has 0 aliphatic carbocycles. The number of hydrogen-bond donors (Lipinski definition) is 0. The first-order chi connectivity index (χ1) is 15.5. The van der Waals surface area contributed by atoms with Crippen molar-refractivity contribution in [3.05, 3.63) is 47.0 Å². The number of thiazole rings is 1. The number of rotatable bonds is 8. The van der Waals surface area contributed by atoms with Crippen LogP contribution in [0.1, 0.15) is 5.56 Å². The molecular formula is C23H26ClN3O4S. The predicted molar refractivity (Wildman–Crippen MR) is 127 cm³/mol. The third kappa shape index (κ3) is 5.32. The number of anilines is 1. The second-order valence-electron chi connectivity index (χ2n) is 7.48. The Bertz CT molecular complexity index is 1080. The molecule has 7 nitrogen and oxygen atoms in total. The van der Waals surface area contributed by atoms with E-state index in [0.29, 0.717) is 41.4 Å². The molecule has 0 N–H and O–H groups in total. The van der Waals surface area contributed by atoms with Crippen LogP contribution in [0.15, 0.2) is 36.4 Å². The van der Waals surface area contributed by atoms with E-state index in [4.69, 9.17) is 30.8 Å². The molecule has 1 aliphatic heterocycles. The normalized spacial score (nSPS) is 14.5. The number of morpholine rings is 1. The molecule has 170 valence electrons. The standard InChI is InChI=1S/C23H26ClN3O4S/c1-16-19(24)6-7-20-22(16)25-23(32-20)27(9-8-26-10-12-30-13-11-26)21(28)15-31-18-5-3-4-17(14-18)29-2/h3-7,14H,8-13,15H2,1-2H3. The third-order valence-electron chi connectivity index (χ3n) is 5.42. The highest BCUT2D eigenvalue weighted by Gasteiger charge is 2.23. The van der Waals surface area contributed by atoms with Crippen LogP contribution in [0.25, 0.3) is 10.2 Å². The van der Waals surface area contributed by atoms with Gasteiger partial charge in [0.1, 0.15) is 11.5 Å². The molecule has 2 aromatic carbocycles. The summed E-state index contributed by atoms with van der Waals surface area (Å²) in [6.45, 7) is 6.26. The fourth-order valence-corrected chi connectivity index (χ4v) is 4.73. The smallest absolute Gasteiger partial charge is 0.266 e. The number of hydrogen-bond acceptors (Lipinski definition) is 7. The minimum absolute atomic E-state index is 0.0913. The lowest BCUT2D eigenvalue weighted by molar-refractivity contribution is -0.120. The number of methoxy groups -OCH3 is 1. The Kier molecular flexibility index (Phi) is 7.47. The van der Waals surface area contributed by atoms with Crippen molar-refractivity contribution in [2.75, 3.05) is 58.0 Å². The molecule has 32 heavy (non-hydrogen) atoms. The molecule has 4 rings (SSSR count). The van der Waals surface area contributed by atoms with Gasteiger partial charge in [0.05, 0.1) is 30.5 Å². The molecule has 1 aromatic heterocycles. The molecule has 0 bridgehead atoms. The third-order valence-corrected chi connectivity index (χ3v) is 6.87. The first kappa shape index (κ1) is 22.8. The average Bonchev–Trinajstić information content (AvgIpc) is 3.26. The van der Waals surface area contributed by atoms with Gasteiger partial charge in [0.15, 0.2) is 11.7 Å². The maximum absolute atomic E-state index is 13.2. The Morgan fingerprint density at radius 1 is 1.25 bits per heavy atom. The molecule has 0 radical (unpaired) electrons. The lowest BCUT2D eigenvalue weighted by Gasteiger charge is -2.29. The lowest BCUT2D eigenvalue weighted by Crippen LogP contribution is -2.44. The van der Waals surface area contributed by atoms with E-state index in [1.807, 2.05) is 31.2 Å². The van der Waals surface area contributed by atoms with E-state index < -0.39 is 0 Å². The minimum atomic E-state index is -0.149. The van der Waals surface area contributed by atoms with Gasteiger partial charge in [-0.1, -0.05) is 29.0 Å². The van der Waals surface area contributed by atoms with Crippen LogP contribution in [0.2, 0.25) is 5.02 Å². The highest BCUT2D eigenvalue weighted by atomic mass is 35.5. The second-order valence-corrected chi connectivity index (χ2v) is 8.90. The minimum Gasteiger partial charge on any atom is -0.497 e. The van der Waals surface area contributed by atoms with Gasteiger partial charge >= 0.3 is 0 Å². The van der Waals surface area contributed by atoms with E-state index in [-0.39, 0.29) is 12.5 Å². The van der Waals surface area contributed by atoms with E-state index in [2.05, 4.69) is 4.90 Å². The SMILES string of the molecule is COc1cccc(OCC(=O)N(CCN2CCOCC2)c2nc3c(C)c(Cl)ccc3s2)c1. The van der Waals surface area contributed by atoms with Gasteiger partial charge in [-0.25, -0.2) is 4.98 Å². The van der Waals surface area contributed by atoms with Gasteiger partial charge in [-0.2, -0.15) is 0 Å². The number of fused-ring (bicyclic) bond motifs is 1. The Morgan fingerprint density at radius 3 is 2.81 bits per heavy atom. The van der Waals surface area contributed by atoms with Gasteiger partial charge in [-0.05, 0) is 36.8 Å².